The fraction of sp³-hybridized carbons (Fsp3) is 0.850. The average Bonchev–Trinajstić information content (AvgIpc) is 3.13. The van der Waals surface area contributed by atoms with Gasteiger partial charge in [0.2, 0.25) is 0 Å². The van der Waals surface area contributed by atoms with Crippen LogP contribution in [0.15, 0.2) is 11.6 Å². The average molecular weight is 795 g/mol. The van der Waals surface area contributed by atoms with Crippen LogP contribution in [0.4, 0.5) is 0 Å². The first kappa shape index (κ1) is 41.6. The van der Waals surface area contributed by atoms with Crippen LogP contribution in [0, 0.1) is 51.2 Å². The Labute approximate surface area is 325 Å². The van der Waals surface area contributed by atoms with E-state index in [-0.39, 0.29) is 46.2 Å². The Kier molecular flexibility index (Phi) is 10.6. The van der Waals surface area contributed by atoms with Gasteiger partial charge >= 0.3 is 17.9 Å². The first-order chi connectivity index (χ1) is 26.1. The van der Waals surface area contributed by atoms with Crippen LogP contribution >= 0.6 is 0 Å². The Morgan fingerprint density at radius 2 is 1.29 bits per heavy atom. The molecule has 16 heteroatoms. The van der Waals surface area contributed by atoms with Crippen molar-refractivity contribution in [1.29, 1.82) is 0 Å². The molecule has 2 heterocycles. The standard InChI is InChI=1S/C40H58O16/c1-37(2)17-7-8-18-23(21(41)14-19-20-15-39(4,36(51)52)11-10-38(20,3)12-13-40(18,19)5)16(17)6-9-22(37)53-35-31(27(45)26(44)30(55-35)33(49)50)56-34-28(46)24(42)25(43)29(54-34)32(47)48/h14,16-18,20,22-31,34-35,42-46H,6-13,15H2,1-5H3,(H,47,48)(H,49,50)(H,51,52)/t16?,17-,18?,20?,22+,23-,24?,25+,26?,27+,28-,29?,30+,31-,34+,35+,38?,39+,40+/m1/s1. The molecule has 0 spiro atoms. The molecule has 6 fully saturated rings. The number of aliphatic hydroxyl groups excluding tert-OH is 5. The molecule has 56 heavy (non-hydrogen) atoms. The first-order valence-electron chi connectivity index (χ1n) is 20.0. The van der Waals surface area contributed by atoms with Crippen LogP contribution in [0.1, 0.15) is 92.4 Å². The zero-order valence-corrected chi connectivity index (χ0v) is 32.5. The molecular formula is C40H58O16. The lowest BCUT2D eigenvalue weighted by molar-refractivity contribution is -0.370. The van der Waals surface area contributed by atoms with E-state index in [1.807, 2.05) is 26.8 Å². The van der Waals surface area contributed by atoms with Crippen molar-refractivity contribution in [3.8, 4) is 0 Å². The number of carbonyl (C=O) groups excluding carboxylic acids is 1. The highest BCUT2D eigenvalue weighted by molar-refractivity contribution is 5.94. The fourth-order valence-electron chi connectivity index (χ4n) is 12.2. The lowest BCUT2D eigenvalue weighted by Crippen LogP contribution is -2.66. The fourth-order valence-corrected chi connectivity index (χ4v) is 12.2. The molecule has 0 amide bonds. The third kappa shape index (κ3) is 6.46. The number of carboxylic acids is 3. The van der Waals surface area contributed by atoms with Gasteiger partial charge in [-0.2, -0.15) is 0 Å². The molecule has 5 aliphatic carbocycles. The van der Waals surface area contributed by atoms with Gasteiger partial charge in [0.25, 0.3) is 0 Å². The Hall–Kier alpha value is -2.54. The number of aliphatic hydroxyl groups is 5. The second-order valence-corrected chi connectivity index (χ2v) is 19.3. The van der Waals surface area contributed by atoms with E-state index >= 15 is 0 Å². The van der Waals surface area contributed by atoms with Gasteiger partial charge in [0.05, 0.1) is 11.5 Å². The maximum atomic E-state index is 14.4. The van der Waals surface area contributed by atoms with Crippen molar-refractivity contribution in [3.05, 3.63) is 11.6 Å². The van der Waals surface area contributed by atoms with Gasteiger partial charge in [0.15, 0.2) is 30.6 Å². The molecule has 0 aromatic carbocycles. The molecule has 0 aromatic heterocycles. The first-order valence-corrected chi connectivity index (χ1v) is 20.0. The summed E-state index contributed by atoms with van der Waals surface area (Å²) in [4.78, 5) is 50.7. The summed E-state index contributed by atoms with van der Waals surface area (Å²) in [7, 11) is 0. The van der Waals surface area contributed by atoms with Gasteiger partial charge in [-0.3, -0.25) is 9.59 Å². The van der Waals surface area contributed by atoms with Crippen LogP contribution in [-0.2, 0) is 38.1 Å². The maximum absolute atomic E-state index is 14.4. The summed E-state index contributed by atoms with van der Waals surface area (Å²) in [6.07, 6.45) is -11.8. The highest BCUT2D eigenvalue weighted by atomic mass is 16.8. The Morgan fingerprint density at radius 3 is 1.91 bits per heavy atom. The summed E-state index contributed by atoms with van der Waals surface area (Å²) < 4.78 is 23.2. The lowest BCUT2D eigenvalue weighted by Gasteiger charge is -2.63. The van der Waals surface area contributed by atoms with Crippen molar-refractivity contribution in [1.82, 2.24) is 0 Å². The second-order valence-electron chi connectivity index (χ2n) is 19.3. The van der Waals surface area contributed by atoms with Crippen molar-refractivity contribution in [2.75, 3.05) is 0 Å². The molecule has 19 atom stereocenters. The van der Waals surface area contributed by atoms with Gasteiger partial charge < -0.3 is 59.8 Å². The Morgan fingerprint density at radius 1 is 0.696 bits per heavy atom. The van der Waals surface area contributed by atoms with Gasteiger partial charge in [0, 0.05) is 5.92 Å². The van der Waals surface area contributed by atoms with E-state index in [0.29, 0.717) is 25.7 Å². The van der Waals surface area contributed by atoms with Gasteiger partial charge in [0.1, 0.15) is 36.6 Å². The Balaban J connectivity index is 1.13. The predicted octanol–water partition coefficient (Wildman–Crippen LogP) is 1.47. The van der Waals surface area contributed by atoms with Crippen LogP contribution in [-0.4, -0.2) is 132 Å². The molecular weight excluding hydrogens is 736 g/mol. The minimum atomic E-state index is -2.04. The largest absolute Gasteiger partial charge is 0.481 e. The predicted molar refractivity (Wildman–Crippen MR) is 190 cm³/mol. The van der Waals surface area contributed by atoms with E-state index in [9.17, 15) is 60.0 Å². The molecule has 7 unspecified atom stereocenters. The summed E-state index contributed by atoms with van der Waals surface area (Å²) in [5.74, 6) is -4.13. The van der Waals surface area contributed by atoms with Crippen molar-refractivity contribution in [2.45, 2.75) is 160 Å². The van der Waals surface area contributed by atoms with Gasteiger partial charge in [-0.1, -0.05) is 33.3 Å². The van der Waals surface area contributed by atoms with Crippen molar-refractivity contribution in [2.24, 2.45) is 51.2 Å². The topological polar surface area (TPSA) is 267 Å². The number of allylic oxidation sites excluding steroid dienone is 2. The summed E-state index contributed by atoms with van der Waals surface area (Å²) in [6, 6.07) is 0. The van der Waals surface area contributed by atoms with E-state index in [4.69, 9.17) is 18.9 Å². The highest BCUT2D eigenvalue weighted by Crippen LogP contribution is 2.68. The second kappa shape index (κ2) is 14.3. The van der Waals surface area contributed by atoms with Crippen LogP contribution < -0.4 is 0 Å². The van der Waals surface area contributed by atoms with Gasteiger partial charge in [-0.05, 0) is 111 Å². The van der Waals surface area contributed by atoms with Gasteiger partial charge in [-0.25, -0.2) is 9.59 Å². The third-order valence-electron chi connectivity index (χ3n) is 15.9. The highest BCUT2D eigenvalue weighted by Gasteiger charge is 2.64. The smallest absolute Gasteiger partial charge is 0.335 e. The molecule has 0 bridgehead atoms. The minimum absolute atomic E-state index is 0.000156. The Bertz CT molecular complexity index is 1630. The SMILES string of the molecule is CC12CC[C@](C)(C(=O)O)CC1C1=CC(=O)[C@@H]3C4CC[C@H](O[C@H]5O[C@H](C(=O)O)C(O)[C@H](O)[C@H]5O[C@@H]5OC(C(=O)O)[C@@H](O)C(O)[C@H]5O)C(C)(C)[C@@H]4CCC3[C@]1(C)CC2. The number of hydrogen-bond acceptors (Lipinski definition) is 13. The van der Waals surface area contributed by atoms with E-state index in [1.165, 1.54) is 0 Å². The lowest BCUT2D eigenvalue weighted by atomic mass is 9.40. The monoisotopic (exact) mass is 794 g/mol. The molecule has 2 aliphatic heterocycles. The van der Waals surface area contributed by atoms with E-state index in [1.54, 1.807) is 0 Å². The molecule has 16 nitrogen and oxygen atoms in total. The molecule has 4 saturated carbocycles. The number of ketones is 1. The zero-order valence-electron chi connectivity index (χ0n) is 32.5. The van der Waals surface area contributed by atoms with Crippen LogP contribution in [0.2, 0.25) is 0 Å². The zero-order chi connectivity index (χ0) is 41.0. The van der Waals surface area contributed by atoms with E-state index in [2.05, 4.69) is 13.8 Å². The third-order valence-corrected chi connectivity index (χ3v) is 15.9. The molecule has 0 radical (unpaired) electrons. The maximum Gasteiger partial charge on any atom is 0.335 e. The number of carboxylic acid groups (broad SMARTS) is 3. The normalized spacial score (nSPS) is 51.3. The summed E-state index contributed by atoms with van der Waals surface area (Å²) >= 11 is 0. The molecule has 0 aromatic rings. The number of fused-ring (bicyclic) bond motifs is 7. The van der Waals surface area contributed by atoms with Crippen LogP contribution in [0.3, 0.4) is 0 Å². The molecule has 7 rings (SSSR count). The number of carbonyl (C=O) groups is 4. The van der Waals surface area contributed by atoms with Crippen LogP contribution in [0.5, 0.6) is 0 Å². The van der Waals surface area contributed by atoms with Crippen molar-refractivity contribution >= 4 is 23.7 Å². The summed E-state index contributed by atoms with van der Waals surface area (Å²) in [5.41, 5.74) is -0.673. The molecule has 2 saturated heterocycles. The van der Waals surface area contributed by atoms with Gasteiger partial charge in [-0.15, -0.1) is 0 Å². The number of ether oxygens (including phenoxy) is 4. The summed E-state index contributed by atoms with van der Waals surface area (Å²) in [6.45, 7) is 10.4. The van der Waals surface area contributed by atoms with Crippen molar-refractivity contribution < 1.29 is 79.0 Å². The minimum Gasteiger partial charge on any atom is -0.481 e. The number of hydrogen-bond donors (Lipinski definition) is 8. The summed E-state index contributed by atoms with van der Waals surface area (Å²) in [5, 5.41) is 82.6. The quantitative estimate of drug-likeness (QED) is 0.170. The van der Waals surface area contributed by atoms with Crippen molar-refractivity contribution in [3.63, 3.8) is 0 Å². The number of aliphatic carboxylic acids is 3. The molecule has 7 aliphatic rings. The number of rotatable bonds is 7. The van der Waals surface area contributed by atoms with Crippen LogP contribution in [0.25, 0.3) is 0 Å². The molecule has 314 valence electrons. The molecule has 8 N–H and O–H groups in total. The van der Waals surface area contributed by atoms with E-state index in [0.717, 1.165) is 37.7 Å². The van der Waals surface area contributed by atoms with E-state index < -0.39 is 96.3 Å².